The van der Waals surface area contributed by atoms with Crippen LogP contribution >= 0.6 is 11.6 Å². The summed E-state index contributed by atoms with van der Waals surface area (Å²) in [6.07, 6.45) is 0.749. The van der Waals surface area contributed by atoms with Crippen LogP contribution in [0.15, 0.2) is 48.5 Å². The van der Waals surface area contributed by atoms with E-state index in [2.05, 4.69) is 5.32 Å². The van der Waals surface area contributed by atoms with E-state index < -0.39 is 17.5 Å². The number of rotatable bonds is 3. The molecule has 0 aliphatic carbocycles. The van der Waals surface area contributed by atoms with Gasteiger partial charge in [-0.25, -0.2) is 4.79 Å². The van der Waals surface area contributed by atoms with Gasteiger partial charge in [0.2, 0.25) is 5.91 Å². The lowest BCUT2D eigenvalue weighted by atomic mass is 9.92. The quantitative estimate of drug-likeness (QED) is 0.809. The van der Waals surface area contributed by atoms with Crippen molar-refractivity contribution < 1.29 is 14.4 Å². The summed E-state index contributed by atoms with van der Waals surface area (Å²) in [6.45, 7) is 3.24. The summed E-state index contributed by atoms with van der Waals surface area (Å²) in [4.78, 5) is 41.3. The summed E-state index contributed by atoms with van der Waals surface area (Å²) >= 11 is 6.24. The van der Waals surface area contributed by atoms with Crippen LogP contribution < -0.4 is 10.2 Å². The van der Waals surface area contributed by atoms with Crippen LogP contribution in [0.1, 0.15) is 25.0 Å². The van der Waals surface area contributed by atoms with Crippen LogP contribution in [0.4, 0.5) is 10.5 Å². The number of benzene rings is 2. The Kier molecular flexibility index (Phi) is 4.38. The van der Waals surface area contributed by atoms with Crippen molar-refractivity contribution in [3.05, 3.63) is 64.7 Å². The van der Waals surface area contributed by atoms with E-state index in [4.69, 9.17) is 11.6 Å². The molecule has 0 saturated carbocycles. The van der Waals surface area contributed by atoms with Crippen LogP contribution in [-0.4, -0.2) is 35.3 Å². The number of nitrogens with one attached hydrogen (secondary N) is 1. The summed E-state index contributed by atoms with van der Waals surface area (Å²) in [6, 6.07) is 13.9. The highest BCUT2D eigenvalue weighted by Gasteiger charge is 2.50. The van der Waals surface area contributed by atoms with Crippen molar-refractivity contribution in [2.24, 2.45) is 0 Å². The maximum atomic E-state index is 13.1. The Morgan fingerprint density at radius 2 is 1.86 bits per heavy atom. The number of urea groups is 1. The molecule has 0 aromatic heterocycles. The fraction of sp³-hybridized carbons (Fsp3) is 0.286. The van der Waals surface area contributed by atoms with Crippen LogP contribution in [0.3, 0.4) is 0 Å². The van der Waals surface area contributed by atoms with Crippen LogP contribution in [0, 0.1) is 0 Å². The predicted octanol–water partition coefficient (Wildman–Crippen LogP) is 3.08. The van der Waals surface area contributed by atoms with Crippen molar-refractivity contribution in [2.75, 3.05) is 11.4 Å². The lowest BCUT2D eigenvalue weighted by molar-refractivity contribution is -0.134. The van der Waals surface area contributed by atoms with Gasteiger partial charge in [0.25, 0.3) is 5.91 Å². The zero-order chi connectivity index (χ0) is 20.1. The molecule has 2 aromatic rings. The molecule has 1 saturated heterocycles. The first-order valence-corrected chi connectivity index (χ1v) is 9.50. The number of anilines is 1. The second-order valence-electron chi connectivity index (χ2n) is 7.37. The molecule has 6 nitrogen and oxygen atoms in total. The van der Waals surface area contributed by atoms with Gasteiger partial charge in [0.1, 0.15) is 12.1 Å². The van der Waals surface area contributed by atoms with Gasteiger partial charge in [-0.15, -0.1) is 0 Å². The van der Waals surface area contributed by atoms with E-state index in [1.54, 1.807) is 36.1 Å². The number of carbonyl (C=O) groups is 3. The van der Waals surface area contributed by atoms with E-state index >= 15 is 0 Å². The van der Waals surface area contributed by atoms with Gasteiger partial charge in [0.15, 0.2) is 0 Å². The van der Waals surface area contributed by atoms with E-state index in [-0.39, 0.29) is 18.5 Å². The summed E-state index contributed by atoms with van der Waals surface area (Å²) < 4.78 is 0. The molecular formula is C21H20ClN3O3. The third kappa shape index (κ3) is 2.76. The minimum Gasteiger partial charge on any atom is -0.319 e. The summed E-state index contributed by atoms with van der Waals surface area (Å²) in [5.41, 5.74) is 1.12. The molecule has 2 aromatic carbocycles. The van der Waals surface area contributed by atoms with Gasteiger partial charge in [-0.2, -0.15) is 0 Å². The van der Waals surface area contributed by atoms with E-state index in [0.29, 0.717) is 10.6 Å². The number of fused-ring (bicyclic) bond motifs is 1. The van der Waals surface area contributed by atoms with Crippen molar-refractivity contribution in [1.82, 2.24) is 10.2 Å². The van der Waals surface area contributed by atoms with Gasteiger partial charge in [-0.05, 0) is 38.0 Å². The topological polar surface area (TPSA) is 69.7 Å². The van der Waals surface area contributed by atoms with Gasteiger partial charge in [-0.3, -0.25) is 14.5 Å². The molecule has 28 heavy (non-hydrogen) atoms. The van der Waals surface area contributed by atoms with Crippen molar-refractivity contribution >= 4 is 35.1 Å². The summed E-state index contributed by atoms with van der Waals surface area (Å²) in [5, 5.41) is 3.08. The number of nitrogens with zero attached hydrogens (tertiary/aromatic N) is 2. The van der Waals surface area contributed by atoms with E-state index in [1.165, 1.54) is 0 Å². The van der Waals surface area contributed by atoms with Crippen molar-refractivity contribution in [2.45, 2.75) is 31.8 Å². The fourth-order valence-electron chi connectivity index (χ4n) is 4.05. The molecule has 144 valence electrons. The average molecular weight is 398 g/mol. The summed E-state index contributed by atoms with van der Waals surface area (Å²) in [5.74, 6) is -0.775. The molecule has 0 spiro atoms. The molecule has 0 unspecified atom stereocenters. The Bertz CT molecular complexity index is 992. The number of para-hydroxylation sites is 1. The minimum absolute atomic E-state index is 0.0272. The molecule has 1 fully saturated rings. The number of hydrogen-bond donors (Lipinski definition) is 1. The number of hydrogen-bond acceptors (Lipinski definition) is 3. The smallest absolute Gasteiger partial charge is 0.319 e. The minimum atomic E-state index is -1.30. The molecule has 2 heterocycles. The molecule has 0 radical (unpaired) electrons. The first-order chi connectivity index (χ1) is 13.3. The van der Waals surface area contributed by atoms with Gasteiger partial charge in [-0.1, -0.05) is 48.0 Å². The zero-order valence-corrected chi connectivity index (χ0v) is 16.4. The number of halogens is 1. The molecule has 0 bridgehead atoms. The highest BCUT2D eigenvalue weighted by atomic mass is 35.5. The standard InChI is InChI=1S/C21H20ClN3O3/c1-13-11-14-7-3-6-10-17(14)25(13)18(26)12-24-19(27)21(2,23-20(24)28)15-8-4-5-9-16(15)22/h3-10,13H,11-12H2,1-2H3,(H,23,28)/t13-,21-/m0/s1. The normalized spacial score (nSPS) is 23.8. The second-order valence-corrected chi connectivity index (χ2v) is 7.78. The van der Waals surface area contributed by atoms with Crippen molar-refractivity contribution in [1.29, 1.82) is 0 Å². The largest absolute Gasteiger partial charge is 0.325 e. The first-order valence-electron chi connectivity index (χ1n) is 9.12. The Balaban J connectivity index is 1.59. The Morgan fingerprint density at radius 1 is 1.18 bits per heavy atom. The number of imide groups is 1. The third-order valence-electron chi connectivity index (χ3n) is 5.46. The molecule has 1 N–H and O–H groups in total. The molecule has 2 aliphatic heterocycles. The van der Waals surface area contributed by atoms with E-state index in [0.717, 1.165) is 22.6 Å². The highest BCUT2D eigenvalue weighted by Crippen LogP contribution is 2.35. The zero-order valence-electron chi connectivity index (χ0n) is 15.6. The van der Waals surface area contributed by atoms with Gasteiger partial charge in [0.05, 0.1) is 0 Å². The monoisotopic (exact) mass is 397 g/mol. The van der Waals surface area contributed by atoms with Crippen molar-refractivity contribution in [3.63, 3.8) is 0 Å². The van der Waals surface area contributed by atoms with E-state index in [1.807, 2.05) is 31.2 Å². The highest BCUT2D eigenvalue weighted by molar-refractivity contribution is 6.32. The van der Waals surface area contributed by atoms with Gasteiger partial charge >= 0.3 is 6.03 Å². The number of amides is 4. The molecule has 7 heteroatoms. The van der Waals surface area contributed by atoms with Crippen LogP contribution in [-0.2, 0) is 21.5 Å². The summed E-state index contributed by atoms with van der Waals surface area (Å²) in [7, 11) is 0. The van der Waals surface area contributed by atoms with Crippen LogP contribution in [0.5, 0.6) is 0 Å². The lowest BCUT2D eigenvalue weighted by Crippen LogP contribution is -2.46. The molecule has 2 atom stereocenters. The Labute approximate surface area is 168 Å². The lowest BCUT2D eigenvalue weighted by Gasteiger charge is -2.26. The maximum Gasteiger partial charge on any atom is 0.325 e. The molecule has 4 amide bonds. The second kappa shape index (κ2) is 6.63. The van der Waals surface area contributed by atoms with Crippen LogP contribution in [0.2, 0.25) is 5.02 Å². The Morgan fingerprint density at radius 3 is 2.61 bits per heavy atom. The predicted molar refractivity (Wildman–Crippen MR) is 106 cm³/mol. The van der Waals surface area contributed by atoms with Crippen molar-refractivity contribution in [3.8, 4) is 0 Å². The first kappa shape index (κ1) is 18.5. The number of carbonyl (C=O) groups excluding carboxylic acids is 3. The Hall–Kier alpha value is -2.86. The molecular weight excluding hydrogens is 378 g/mol. The van der Waals surface area contributed by atoms with Crippen LogP contribution in [0.25, 0.3) is 0 Å². The van der Waals surface area contributed by atoms with Gasteiger partial charge < -0.3 is 10.2 Å². The molecule has 4 rings (SSSR count). The van der Waals surface area contributed by atoms with E-state index in [9.17, 15) is 14.4 Å². The third-order valence-corrected chi connectivity index (χ3v) is 5.79. The SMILES string of the molecule is C[C@H]1Cc2ccccc2N1C(=O)CN1C(=O)N[C@@](C)(c2ccccc2Cl)C1=O. The fourth-order valence-corrected chi connectivity index (χ4v) is 4.37. The average Bonchev–Trinajstić information content (AvgIpc) is 3.10. The molecule has 2 aliphatic rings. The van der Waals surface area contributed by atoms with Gasteiger partial charge in [0, 0.05) is 22.3 Å². The maximum absolute atomic E-state index is 13.1.